The van der Waals surface area contributed by atoms with E-state index in [1.165, 1.54) is 6.42 Å². The summed E-state index contributed by atoms with van der Waals surface area (Å²) in [5.74, 6) is -0.918. The molecule has 1 unspecified atom stereocenters. The summed E-state index contributed by atoms with van der Waals surface area (Å²) in [6, 6.07) is 9.20. The van der Waals surface area contributed by atoms with Crippen molar-refractivity contribution in [2.45, 2.75) is 65.0 Å². The number of amides is 1. The van der Waals surface area contributed by atoms with E-state index >= 15 is 0 Å². The molecule has 2 aliphatic rings. The quantitative estimate of drug-likeness (QED) is 0.890. The SMILES string of the molecule is CC(C)(C)C(=O)C1=C(O)C(=O)N(C2CCCCC2)C1c1ccccc1. The Kier molecular flexibility index (Phi) is 4.72. The van der Waals surface area contributed by atoms with E-state index in [0.717, 1.165) is 31.2 Å². The molecule has 134 valence electrons. The summed E-state index contributed by atoms with van der Waals surface area (Å²) in [6.45, 7) is 5.47. The molecule has 25 heavy (non-hydrogen) atoms. The van der Waals surface area contributed by atoms with Gasteiger partial charge in [-0.15, -0.1) is 0 Å². The summed E-state index contributed by atoms with van der Waals surface area (Å²) in [4.78, 5) is 27.7. The topological polar surface area (TPSA) is 57.6 Å². The third-order valence-corrected chi connectivity index (χ3v) is 5.25. The molecule has 1 aromatic carbocycles. The molecule has 0 radical (unpaired) electrons. The van der Waals surface area contributed by atoms with Crippen molar-refractivity contribution in [3.8, 4) is 0 Å². The molecule has 1 fully saturated rings. The molecule has 0 bridgehead atoms. The molecule has 0 spiro atoms. The van der Waals surface area contributed by atoms with Gasteiger partial charge in [-0.1, -0.05) is 70.4 Å². The molecule has 1 aromatic rings. The van der Waals surface area contributed by atoms with Gasteiger partial charge in [-0.05, 0) is 18.4 Å². The third-order valence-electron chi connectivity index (χ3n) is 5.25. The molecule has 1 aliphatic heterocycles. The molecule has 1 heterocycles. The Bertz CT molecular complexity index is 694. The molecular formula is C21H27NO3. The van der Waals surface area contributed by atoms with Crippen LogP contribution < -0.4 is 0 Å². The van der Waals surface area contributed by atoms with Gasteiger partial charge in [-0.2, -0.15) is 0 Å². The standard InChI is InChI=1S/C21H27NO3/c1-21(2,3)19(24)16-17(14-10-6-4-7-11-14)22(20(25)18(16)23)15-12-8-5-9-13-15/h4,6-7,10-11,15,17,23H,5,8-9,12-13H2,1-3H3. The van der Waals surface area contributed by atoms with Gasteiger partial charge in [-0.25, -0.2) is 0 Å². The first-order valence-corrected chi connectivity index (χ1v) is 9.18. The molecule has 1 atom stereocenters. The molecular weight excluding hydrogens is 314 g/mol. The maximum Gasteiger partial charge on any atom is 0.290 e. The number of Topliss-reactive ketones (excluding diaryl/α,β-unsaturated/α-hetero) is 1. The fourth-order valence-electron chi connectivity index (χ4n) is 3.96. The highest BCUT2D eigenvalue weighted by atomic mass is 16.3. The van der Waals surface area contributed by atoms with Crippen LogP contribution in [-0.2, 0) is 9.59 Å². The summed E-state index contributed by atoms with van der Waals surface area (Å²) < 4.78 is 0. The lowest BCUT2D eigenvalue weighted by Crippen LogP contribution is -2.41. The van der Waals surface area contributed by atoms with E-state index in [1.807, 2.05) is 51.1 Å². The highest BCUT2D eigenvalue weighted by molar-refractivity contribution is 6.10. The van der Waals surface area contributed by atoms with Crippen molar-refractivity contribution in [2.75, 3.05) is 0 Å². The molecule has 1 amide bonds. The first-order chi connectivity index (χ1) is 11.8. The normalized spacial score (nSPS) is 22.6. The minimum Gasteiger partial charge on any atom is -0.503 e. The van der Waals surface area contributed by atoms with Crippen LogP contribution in [0.15, 0.2) is 41.7 Å². The van der Waals surface area contributed by atoms with Crippen molar-refractivity contribution in [3.63, 3.8) is 0 Å². The maximum atomic E-state index is 13.0. The van der Waals surface area contributed by atoms with E-state index in [-0.39, 0.29) is 23.2 Å². The Hall–Kier alpha value is -2.10. The van der Waals surface area contributed by atoms with E-state index < -0.39 is 17.4 Å². The second-order valence-corrected chi connectivity index (χ2v) is 8.16. The summed E-state index contributed by atoms with van der Waals surface area (Å²) in [5, 5.41) is 10.6. The lowest BCUT2D eigenvalue weighted by Gasteiger charge is -2.37. The van der Waals surface area contributed by atoms with Crippen molar-refractivity contribution < 1.29 is 14.7 Å². The maximum absolute atomic E-state index is 13.0. The van der Waals surface area contributed by atoms with E-state index in [4.69, 9.17) is 0 Å². The Morgan fingerprint density at radius 3 is 2.24 bits per heavy atom. The Balaban J connectivity index is 2.08. The average molecular weight is 341 g/mol. The van der Waals surface area contributed by atoms with Crippen LogP contribution in [0.25, 0.3) is 0 Å². The minimum absolute atomic E-state index is 0.0823. The van der Waals surface area contributed by atoms with Crippen LogP contribution in [0.5, 0.6) is 0 Å². The lowest BCUT2D eigenvalue weighted by atomic mass is 9.81. The molecule has 1 N–H and O–H groups in total. The van der Waals surface area contributed by atoms with Crippen LogP contribution in [-0.4, -0.2) is 27.7 Å². The van der Waals surface area contributed by atoms with Gasteiger partial charge in [-0.3, -0.25) is 9.59 Å². The number of benzene rings is 1. The first kappa shape index (κ1) is 17.7. The number of aliphatic hydroxyl groups is 1. The van der Waals surface area contributed by atoms with Gasteiger partial charge in [0.2, 0.25) is 0 Å². The van der Waals surface area contributed by atoms with Gasteiger partial charge >= 0.3 is 0 Å². The van der Waals surface area contributed by atoms with Crippen LogP contribution in [0.2, 0.25) is 0 Å². The zero-order chi connectivity index (χ0) is 18.2. The number of ketones is 1. The van der Waals surface area contributed by atoms with Gasteiger partial charge in [0.1, 0.15) is 0 Å². The molecule has 1 aliphatic carbocycles. The summed E-state index contributed by atoms with van der Waals surface area (Å²) in [6.07, 6.45) is 5.21. The van der Waals surface area contributed by atoms with Crippen LogP contribution in [0.1, 0.15) is 64.5 Å². The van der Waals surface area contributed by atoms with Gasteiger partial charge in [0, 0.05) is 11.5 Å². The summed E-state index contributed by atoms with van der Waals surface area (Å²) >= 11 is 0. The lowest BCUT2D eigenvalue weighted by molar-refractivity contribution is -0.132. The Morgan fingerprint density at radius 2 is 1.68 bits per heavy atom. The van der Waals surface area contributed by atoms with Crippen molar-refractivity contribution >= 4 is 11.7 Å². The number of aliphatic hydroxyl groups excluding tert-OH is 1. The van der Waals surface area contributed by atoms with E-state index in [1.54, 1.807) is 4.90 Å². The van der Waals surface area contributed by atoms with Crippen molar-refractivity contribution in [3.05, 3.63) is 47.2 Å². The van der Waals surface area contributed by atoms with Crippen molar-refractivity contribution in [1.29, 1.82) is 0 Å². The number of hydrogen-bond donors (Lipinski definition) is 1. The monoisotopic (exact) mass is 341 g/mol. The molecule has 4 nitrogen and oxygen atoms in total. The number of carbonyl (C=O) groups excluding carboxylic acids is 2. The Labute approximate surface area is 149 Å². The van der Waals surface area contributed by atoms with Crippen LogP contribution in [0.4, 0.5) is 0 Å². The Morgan fingerprint density at radius 1 is 1.08 bits per heavy atom. The van der Waals surface area contributed by atoms with Gasteiger partial charge < -0.3 is 10.0 Å². The predicted octanol–water partition coefficient (Wildman–Crippen LogP) is 4.33. The largest absolute Gasteiger partial charge is 0.503 e. The fourth-order valence-corrected chi connectivity index (χ4v) is 3.96. The van der Waals surface area contributed by atoms with E-state index in [0.29, 0.717) is 0 Å². The third kappa shape index (κ3) is 3.22. The van der Waals surface area contributed by atoms with Crippen LogP contribution >= 0.6 is 0 Å². The zero-order valence-electron chi connectivity index (χ0n) is 15.3. The summed E-state index contributed by atoms with van der Waals surface area (Å²) in [5.41, 5.74) is 0.492. The smallest absolute Gasteiger partial charge is 0.290 e. The molecule has 4 heteroatoms. The van der Waals surface area contributed by atoms with Crippen LogP contribution in [0.3, 0.4) is 0 Å². The predicted molar refractivity (Wildman–Crippen MR) is 97.0 cm³/mol. The van der Waals surface area contributed by atoms with E-state index in [9.17, 15) is 14.7 Å². The van der Waals surface area contributed by atoms with Crippen molar-refractivity contribution in [1.82, 2.24) is 4.90 Å². The second-order valence-electron chi connectivity index (χ2n) is 8.16. The number of hydrogen-bond acceptors (Lipinski definition) is 3. The number of carbonyl (C=O) groups is 2. The zero-order valence-corrected chi connectivity index (χ0v) is 15.3. The number of rotatable bonds is 3. The molecule has 1 saturated carbocycles. The average Bonchev–Trinajstić information content (AvgIpc) is 2.86. The molecule has 0 aromatic heterocycles. The minimum atomic E-state index is -0.654. The highest BCUT2D eigenvalue weighted by Gasteiger charge is 2.48. The second kappa shape index (κ2) is 6.66. The molecule has 0 saturated heterocycles. The van der Waals surface area contributed by atoms with Gasteiger partial charge in [0.15, 0.2) is 11.5 Å². The number of nitrogens with zero attached hydrogens (tertiary/aromatic N) is 1. The van der Waals surface area contributed by atoms with Crippen LogP contribution in [0, 0.1) is 5.41 Å². The molecule has 3 rings (SSSR count). The van der Waals surface area contributed by atoms with E-state index in [2.05, 4.69) is 0 Å². The summed E-state index contributed by atoms with van der Waals surface area (Å²) in [7, 11) is 0. The van der Waals surface area contributed by atoms with Gasteiger partial charge in [0.05, 0.1) is 11.6 Å². The highest BCUT2D eigenvalue weighted by Crippen LogP contribution is 2.43. The van der Waals surface area contributed by atoms with Crippen molar-refractivity contribution in [2.24, 2.45) is 5.41 Å². The first-order valence-electron chi connectivity index (χ1n) is 9.18. The fraction of sp³-hybridized carbons (Fsp3) is 0.524. The van der Waals surface area contributed by atoms with Gasteiger partial charge in [0.25, 0.3) is 5.91 Å².